The molecule has 0 spiro atoms. The molecule has 3 rings (SSSR count). The zero-order valence-electron chi connectivity index (χ0n) is 14.4. The Balaban J connectivity index is 1.47. The van der Waals surface area contributed by atoms with Crippen LogP contribution in [0.5, 0.6) is 0 Å². The third kappa shape index (κ3) is 4.69. The van der Waals surface area contributed by atoms with E-state index in [9.17, 15) is 14.7 Å². The molecule has 25 heavy (non-hydrogen) atoms. The van der Waals surface area contributed by atoms with E-state index in [1.807, 2.05) is 18.2 Å². The molecule has 0 aromatic heterocycles. The highest BCUT2D eigenvalue weighted by atomic mass is 16.4. The summed E-state index contributed by atoms with van der Waals surface area (Å²) in [6.45, 7) is 2.84. The molecule has 1 aliphatic heterocycles. The van der Waals surface area contributed by atoms with Crippen molar-refractivity contribution in [2.45, 2.75) is 38.3 Å². The highest BCUT2D eigenvalue weighted by molar-refractivity contribution is 5.85. The van der Waals surface area contributed by atoms with Gasteiger partial charge in [-0.25, -0.2) is 0 Å². The lowest BCUT2D eigenvalue weighted by atomic mass is 9.82. The lowest BCUT2D eigenvalue weighted by molar-refractivity contribution is -0.147. The number of amides is 1. The lowest BCUT2D eigenvalue weighted by Crippen LogP contribution is -2.48. The molecule has 5 heteroatoms. The highest BCUT2D eigenvalue weighted by Gasteiger charge is 2.35. The van der Waals surface area contributed by atoms with Crippen LogP contribution in [0.2, 0.25) is 0 Å². The maximum atomic E-state index is 12.5. The molecule has 1 aliphatic carbocycles. The minimum Gasteiger partial charge on any atom is -0.481 e. The molecule has 1 fully saturated rings. The van der Waals surface area contributed by atoms with Crippen LogP contribution in [0.4, 0.5) is 0 Å². The van der Waals surface area contributed by atoms with E-state index in [1.165, 1.54) is 5.56 Å². The smallest absolute Gasteiger partial charge is 0.307 e. The van der Waals surface area contributed by atoms with Crippen LogP contribution in [-0.2, 0) is 16.1 Å². The number of piperidine rings is 1. The van der Waals surface area contributed by atoms with Crippen molar-refractivity contribution < 1.29 is 14.7 Å². The molecule has 134 valence electrons. The SMILES string of the molecule is O=C(O)[C@@H]1CC=CC[C@H]1C(=O)NC1CCN(Cc2ccccc2)CC1. The Bertz CT molecular complexity index is 621. The molecular weight excluding hydrogens is 316 g/mol. The van der Waals surface area contributed by atoms with Gasteiger partial charge in [0.15, 0.2) is 0 Å². The number of hydrogen-bond acceptors (Lipinski definition) is 3. The molecule has 2 aliphatic rings. The van der Waals surface area contributed by atoms with Gasteiger partial charge in [-0.2, -0.15) is 0 Å². The Kier molecular flexibility index (Phi) is 5.87. The van der Waals surface area contributed by atoms with E-state index in [1.54, 1.807) is 0 Å². The van der Waals surface area contributed by atoms with Gasteiger partial charge < -0.3 is 10.4 Å². The van der Waals surface area contributed by atoms with Crippen molar-refractivity contribution in [3.63, 3.8) is 0 Å². The number of carbonyl (C=O) groups excluding carboxylic acids is 1. The summed E-state index contributed by atoms with van der Waals surface area (Å²) in [5.74, 6) is -2.01. The monoisotopic (exact) mass is 342 g/mol. The molecule has 0 radical (unpaired) electrons. The van der Waals surface area contributed by atoms with Crippen molar-refractivity contribution in [1.29, 1.82) is 0 Å². The molecule has 0 unspecified atom stereocenters. The van der Waals surface area contributed by atoms with E-state index in [-0.39, 0.29) is 11.9 Å². The molecule has 0 saturated carbocycles. The van der Waals surface area contributed by atoms with Gasteiger partial charge in [0.05, 0.1) is 11.8 Å². The van der Waals surface area contributed by atoms with Gasteiger partial charge in [0.2, 0.25) is 5.91 Å². The normalized spacial score (nSPS) is 24.8. The van der Waals surface area contributed by atoms with Crippen LogP contribution in [0.25, 0.3) is 0 Å². The third-order valence-corrected chi connectivity index (χ3v) is 5.27. The quantitative estimate of drug-likeness (QED) is 0.807. The van der Waals surface area contributed by atoms with Gasteiger partial charge in [-0.05, 0) is 31.2 Å². The second kappa shape index (κ2) is 8.30. The van der Waals surface area contributed by atoms with Crippen LogP contribution in [0.15, 0.2) is 42.5 Å². The number of carboxylic acids is 1. The predicted molar refractivity (Wildman–Crippen MR) is 95.9 cm³/mol. The van der Waals surface area contributed by atoms with Crippen LogP contribution in [0, 0.1) is 11.8 Å². The summed E-state index contributed by atoms with van der Waals surface area (Å²) in [7, 11) is 0. The molecule has 1 heterocycles. The van der Waals surface area contributed by atoms with Crippen molar-refractivity contribution in [3.05, 3.63) is 48.0 Å². The van der Waals surface area contributed by atoms with Gasteiger partial charge in [0, 0.05) is 25.7 Å². The number of allylic oxidation sites excluding steroid dienone is 2. The number of nitrogens with one attached hydrogen (secondary N) is 1. The fraction of sp³-hybridized carbons (Fsp3) is 0.500. The summed E-state index contributed by atoms with van der Waals surface area (Å²) in [6.07, 6.45) is 6.59. The second-order valence-electron chi connectivity index (χ2n) is 7.04. The number of aliphatic carboxylic acids is 1. The van der Waals surface area contributed by atoms with E-state index >= 15 is 0 Å². The summed E-state index contributed by atoms with van der Waals surface area (Å²) in [6, 6.07) is 10.6. The van der Waals surface area contributed by atoms with Crippen LogP contribution in [0.3, 0.4) is 0 Å². The number of carbonyl (C=O) groups is 2. The first-order valence-corrected chi connectivity index (χ1v) is 9.08. The van der Waals surface area contributed by atoms with Gasteiger partial charge in [0.25, 0.3) is 0 Å². The first-order valence-electron chi connectivity index (χ1n) is 9.08. The average molecular weight is 342 g/mol. The summed E-state index contributed by atoms with van der Waals surface area (Å²) >= 11 is 0. The van der Waals surface area contributed by atoms with E-state index in [0.717, 1.165) is 32.5 Å². The van der Waals surface area contributed by atoms with Gasteiger partial charge in [-0.3, -0.25) is 14.5 Å². The molecule has 5 nitrogen and oxygen atoms in total. The van der Waals surface area contributed by atoms with Crippen molar-refractivity contribution in [1.82, 2.24) is 10.2 Å². The molecule has 2 atom stereocenters. The Labute approximate surface area is 148 Å². The van der Waals surface area contributed by atoms with E-state index in [2.05, 4.69) is 34.5 Å². The zero-order valence-corrected chi connectivity index (χ0v) is 14.4. The van der Waals surface area contributed by atoms with Crippen LogP contribution in [-0.4, -0.2) is 41.0 Å². The summed E-state index contributed by atoms with van der Waals surface area (Å²) in [4.78, 5) is 26.3. The average Bonchev–Trinajstić information content (AvgIpc) is 2.64. The first-order chi connectivity index (χ1) is 12.1. The highest BCUT2D eigenvalue weighted by Crippen LogP contribution is 2.26. The molecule has 1 amide bonds. The number of carboxylic acid groups (broad SMARTS) is 1. The molecule has 1 aromatic carbocycles. The van der Waals surface area contributed by atoms with Crippen molar-refractivity contribution in [3.8, 4) is 0 Å². The fourth-order valence-electron chi connectivity index (χ4n) is 3.76. The predicted octanol–water partition coefficient (Wildman–Crippen LogP) is 2.43. The number of rotatable bonds is 5. The maximum Gasteiger partial charge on any atom is 0.307 e. The summed E-state index contributed by atoms with van der Waals surface area (Å²) in [5, 5.41) is 12.4. The topological polar surface area (TPSA) is 69.6 Å². The fourth-order valence-corrected chi connectivity index (χ4v) is 3.76. The second-order valence-corrected chi connectivity index (χ2v) is 7.04. The van der Waals surface area contributed by atoms with Crippen LogP contribution < -0.4 is 5.32 Å². The van der Waals surface area contributed by atoms with Gasteiger partial charge in [0.1, 0.15) is 0 Å². The van der Waals surface area contributed by atoms with E-state index < -0.39 is 17.8 Å². The Hall–Kier alpha value is -2.14. The molecule has 2 N–H and O–H groups in total. The van der Waals surface area contributed by atoms with Gasteiger partial charge in [-0.15, -0.1) is 0 Å². The maximum absolute atomic E-state index is 12.5. The number of hydrogen-bond donors (Lipinski definition) is 2. The van der Waals surface area contributed by atoms with E-state index in [0.29, 0.717) is 12.8 Å². The minimum atomic E-state index is -0.873. The standard InChI is InChI=1S/C20H26N2O3/c23-19(17-8-4-5-9-18(17)20(24)25)21-16-10-12-22(13-11-16)14-15-6-2-1-3-7-15/h1-7,16-18H,8-14H2,(H,21,23)(H,24,25)/t17-,18-/m1/s1. The van der Waals surface area contributed by atoms with Gasteiger partial charge in [-0.1, -0.05) is 42.5 Å². The van der Waals surface area contributed by atoms with Crippen molar-refractivity contribution in [2.75, 3.05) is 13.1 Å². The molecule has 0 bridgehead atoms. The largest absolute Gasteiger partial charge is 0.481 e. The third-order valence-electron chi connectivity index (χ3n) is 5.27. The van der Waals surface area contributed by atoms with Crippen molar-refractivity contribution >= 4 is 11.9 Å². The first kappa shape index (κ1) is 17.7. The van der Waals surface area contributed by atoms with Crippen LogP contribution >= 0.6 is 0 Å². The summed E-state index contributed by atoms with van der Waals surface area (Å²) < 4.78 is 0. The van der Waals surface area contributed by atoms with Crippen LogP contribution in [0.1, 0.15) is 31.2 Å². The number of benzene rings is 1. The van der Waals surface area contributed by atoms with E-state index in [4.69, 9.17) is 0 Å². The number of nitrogens with zero attached hydrogens (tertiary/aromatic N) is 1. The van der Waals surface area contributed by atoms with Crippen molar-refractivity contribution in [2.24, 2.45) is 11.8 Å². The van der Waals surface area contributed by atoms with Gasteiger partial charge >= 0.3 is 5.97 Å². The Morgan fingerprint density at radius 2 is 1.68 bits per heavy atom. The molecule has 1 aromatic rings. The summed E-state index contributed by atoms with van der Waals surface area (Å²) in [5.41, 5.74) is 1.31. The zero-order chi connectivity index (χ0) is 17.6. The molecular formula is C20H26N2O3. The lowest BCUT2D eigenvalue weighted by Gasteiger charge is -2.34. The Morgan fingerprint density at radius 3 is 2.32 bits per heavy atom. The minimum absolute atomic E-state index is 0.0988. The molecule has 1 saturated heterocycles. The number of likely N-dealkylation sites (tertiary alicyclic amines) is 1. The Morgan fingerprint density at radius 1 is 1.04 bits per heavy atom.